The maximum absolute atomic E-state index is 6.40. The van der Waals surface area contributed by atoms with E-state index in [1.807, 2.05) is 0 Å². The first-order valence-corrected chi connectivity index (χ1v) is 8.32. The number of aromatic nitrogens is 1. The zero-order valence-electron chi connectivity index (χ0n) is 13.5. The summed E-state index contributed by atoms with van der Waals surface area (Å²) in [6, 6.07) is 3.22. The van der Waals surface area contributed by atoms with Crippen molar-refractivity contribution in [2.75, 3.05) is 0 Å². The molecule has 3 rings (SSSR count). The minimum absolute atomic E-state index is 0.231. The molecule has 1 aromatic heterocycles. The van der Waals surface area contributed by atoms with E-state index in [1.165, 1.54) is 36.9 Å². The summed E-state index contributed by atoms with van der Waals surface area (Å²) in [6.45, 7) is 9.55. The maximum Gasteiger partial charge on any atom is 0.0336 e. The molecule has 0 aliphatic heterocycles. The van der Waals surface area contributed by atoms with Crippen molar-refractivity contribution in [2.45, 2.75) is 71.9 Å². The average molecular weight is 274 g/mol. The minimum atomic E-state index is 0.231. The fourth-order valence-electron chi connectivity index (χ4n) is 4.37. The Balaban J connectivity index is 1.89. The summed E-state index contributed by atoms with van der Waals surface area (Å²) in [5.74, 6) is 1.73. The zero-order chi connectivity index (χ0) is 14.5. The number of nitrogens with two attached hydrogens (primary N) is 1. The second kappa shape index (κ2) is 4.91. The Bertz CT molecular complexity index is 486. The summed E-state index contributed by atoms with van der Waals surface area (Å²) < 4.78 is 2.58. The van der Waals surface area contributed by atoms with Crippen LogP contribution in [0.3, 0.4) is 0 Å². The van der Waals surface area contributed by atoms with Gasteiger partial charge in [0.05, 0.1) is 0 Å². The molecule has 2 aliphatic rings. The molecule has 0 amide bonds. The van der Waals surface area contributed by atoms with Gasteiger partial charge in [-0.2, -0.15) is 0 Å². The number of nitrogens with zero attached hydrogens (tertiary/aromatic N) is 1. The Kier molecular flexibility index (Phi) is 3.48. The van der Waals surface area contributed by atoms with Crippen LogP contribution in [-0.2, 0) is 6.42 Å². The van der Waals surface area contributed by atoms with Crippen molar-refractivity contribution in [3.05, 3.63) is 23.5 Å². The van der Waals surface area contributed by atoms with Gasteiger partial charge in [0.25, 0.3) is 0 Å². The molecular formula is C18H30N2. The summed E-state index contributed by atoms with van der Waals surface area (Å²) in [4.78, 5) is 0. The van der Waals surface area contributed by atoms with Crippen LogP contribution in [0.2, 0.25) is 0 Å². The Morgan fingerprint density at radius 1 is 1.20 bits per heavy atom. The fourth-order valence-corrected chi connectivity index (χ4v) is 4.37. The molecule has 1 fully saturated rings. The SMILES string of the molecule is CC1CCC(n2ccc3c2CC(C)(C)CC3N)CC1C. The number of rotatable bonds is 1. The lowest BCUT2D eigenvalue weighted by Gasteiger charge is -2.38. The third-order valence-electron chi connectivity index (χ3n) is 5.84. The van der Waals surface area contributed by atoms with E-state index >= 15 is 0 Å². The largest absolute Gasteiger partial charge is 0.348 e. The highest BCUT2D eigenvalue weighted by Crippen LogP contribution is 2.43. The van der Waals surface area contributed by atoms with E-state index in [1.54, 1.807) is 0 Å². The second-order valence-corrected chi connectivity index (χ2v) is 8.20. The van der Waals surface area contributed by atoms with Gasteiger partial charge in [-0.05, 0) is 61.0 Å². The van der Waals surface area contributed by atoms with Crippen molar-refractivity contribution in [3.63, 3.8) is 0 Å². The molecule has 2 aliphatic carbocycles. The topological polar surface area (TPSA) is 30.9 Å². The smallest absolute Gasteiger partial charge is 0.0336 e. The Labute approximate surface area is 123 Å². The lowest BCUT2D eigenvalue weighted by atomic mass is 9.74. The molecule has 1 saturated carbocycles. The highest BCUT2D eigenvalue weighted by Gasteiger charge is 2.34. The maximum atomic E-state index is 6.40. The molecule has 0 aromatic carbocycles. The molecule has 4 unspecified atom stereocenters. The number of hydrogen-bond donors (Lipinski definition) is 1. The summed E-state index contributed by atoms with van der Waals surface area (Å²) in [7, 11) is 0. The normalized spacial score (nSPS) is 36.6. The zero-order valence-corrected chi connectivity index (χ0v) is 13.5. The monoisotopic (exact) mass is 274 g/mol. The van der Waals surface area contributed by atoms with Gasteiger partial charge in [-0.15, -0.1) is 0 Å². The molecular weight excluding hydrogens is 244 g/mol. The molecule has 1 aromatic rings. The van der Waals surface area contributed by atoms with E-state index in [-0.39, 0.29) is 6.04 Å². The molecule has 2 N–H and O–H groups in total. The van der Waals surface area contributed by atoms with Crippen molar-refractivity contribution < 1.29 is 0 Å². The van der Waals surface area contributed by atoms with Gasteiger partial charge in [-0.25, -0.2) is 0 Å². The van der Waals surface area contributed by atoms with Crippen LogP contribution in [0.4, 0.5) is 0 Å². The first kappa shape index (κ1) is 14.2. The van der Waals surface area contributed by atoms with E-state index in [2.05, 4.69) is 44.5 Å². The van der Waals surface area contributed by atoms with Gasteiger partial charge < -0.3 is 10.3 Å². The first-order valence-electron chi connectivity index (χ1n) is 8.32. The van der Waals surface area contributed by atoms with Crippen LogP contribution in [0.5, 0.6) is 0 Å². The van der Waals surface area contributed by atoms with Crippen molar-refractivity contribution >= 4 is 0 Å². The summed E-state index contributed by atoms with van der Waals surface area (Å²) in [5, 5.41) is 0. The van der Waals surface area contributed by atoms with Crippen molar-refractivity contribution in [1.82, 2.24) is 4.57 Å². The molecule has 0 bridgehead atoms. The van der Waals surface area contributed by atoms with Crippen LogP contribution in [0, 0.1) is 17.3 Å². The highest BCUT2D eigenvalue weighted by atomic mass is 15.0. The van der Waals surface area contributed by atoms with E-state index in [4.69, 9.17) is 5.73 Å². The lowest BCUT2D eigenvalue weighted by molar-refractivity contribution is 0.201. The highest BCUT2D eigenvalue weighted by molar-refractivity contribution is 5.30. The van der Waals surface area contributed by atoms with Crippen molar-refractivity contribution in [3.8, 4) is 0 Å². The summed E-state index contributed by atoms with van der Waals surface area (Å²) >= 11 is 0. The third kappa shape index (κ3) is 2.43. The van der Waals surface area contributed by atoms with E-state index < -0.39 is 0 Å². The van der Waals surface area contributed by atoms with Crippen molar-refractivity contribution in [2.24, 2.45) is 23.0 Å². The Hall–Kier alpha value is -0.760. The predicted molar refractivity (Wildman–Crippen MR) is 84.7 cm³/mol. The molecule has 4 atom stereocenters. The summed E-state index contributed by atoms with van der Waals surface area (Å²) in [5.41, 5.74) is 9.69. The Morgan fingerprint density at radius 2 is 1.95 bits per heavy atom. The molecule has 0 radical (unpaired) electrons. The van der Waals surface area contributed by atoms with Gasteiger partial charge in [-0.3, -0.25) is 0 Å². The average Bonchev–Trinajstić information content (AvgIpc) is 2.75. The van der Waals surface area contributed by atoms with Crippen LogP contribution in [0.15, 0.2) is 12.3 Å². The van der Waals surface area contributed by atoms with Crippen LogP contribution in [0.25, 0.3) is 0 Å². The van der Waals surface area contributed by atoms with Crippen molar-refractivity contribution in [1.29, 1.82) is 0 Å². The molecule has 1 heterocycles. The molecule has 0 spiro atoms. The van der Waals surface area contributed by atoms with E-state index in [9.17, 15) is 0 Å². The standard InChI is InChI=1S/C18H30N2/c1-12-5-6-14(9-13(12)2)20-8-7-15-16(19)10-18(3,4)11-17(15)20/h7-8,12-14,16H,5-6,9-11,19H2,1-4H3. The minimum Gasteiger partial charge on any atom is -0.348 e. The molecule has 20 heavy (non-hydrogen) atoms. The van der Waals surface area contributed by atoms with E-state index in [0.717, 1.165) is 18.3 Å². The summed E-state index contributed by atoms with van der Waals surface area (Å²) in [6.07, 6.45) is 8.65. The second-order valence-electron chi connectivity index (χ2n) is 8.20. The molecule has 0 saturated heterocycles. The van der Waals surface area contributed by atoms with Crippen LogP contribution < -0.4 is 5.73 Å². The van der Waals surface area contributed by atoms with Gasteiger partial charge in [-0.1, -0.05) is 27.7 Å². The van der Waals surface area contributed by atoms with Gasteiger partial charge >= 0.3 is 0 Å². The molecule has 2 nitrogen and oxygen atoms in total. The van der Waals surface area contributed by atoms with Crippen LogP contribution in [-0.4, -0.2) is 4.57 Å². The van der Waals surface area contributed by atoms with Gasteiger partial charge in [0.15, 0.2) is 0 Å². The van der Waals surface area contributed by atoms with Gasteiger partial charge in [0.1, 0.15) is 0 Å². The lowest BCUT2D eigenvalue weighted by Crippen LogP contribution is -2.32. The van der Waals surface area contributed by atoms with Gasteiger partial charge in [0.2, 0.25) is 0 Å². The van der Waals surface area contributed by atoms with Crippen LogP contribution >= 0.6 is 0 Å². The van der Waals surface area contributed by atoms with E-state index in [0.29, 0.717) is 11.5 Å². The Morgan fingerprint density at radius 3 is 2.65 bits per heavy atom. The first-order chi connectivity index (χ1) is 9.37. The third-order valence-corrected chi connectivity index (χ3v) is 5.84. The fraction of sp³-hybridized carbons (Fsp3) is 0.778. The van der Waals surface area contributed by atoms with Gasteiger partial charge in [0, 0.05) is 24.0 Å². The molecule has 112 valence electrons. The number of hydrogen-bond acceptors (Lipinski definition) is 1. The predicted octanol–water partition coefficient (Wildman–Crippen LogP) is 4.46. The van der Waals surface area contributed by atoms with Crippen LogP contribution in [0.1, 0.15) is 76.7 Å². The number of fused-ring (bicyclic) bond motifs is 1. The quantitative estimate of drug-likeness (QED) is 0.805. The molecule has 2 heteroatoms.